The van der Waals surface area contributed by atoms with Gasteiger partial charge in [0.05, 0.1) is 6.54 Å². The number of imidazole rings is 1. The van der Waals surface area contributed by atoms with Crippen molar-refractivity contribution in [1.29, 1.82) is 0 Å². The van der Waals surface area contributed by atoms with Gasteiger partial charge in [-0.2, -0.15) is 0 Å². The third kappa shape index (κ3) is 2.13. The Morgan fingerprint density at radius 1 is 1.12 bits per heavy atom. The SMILES string of the molecule is O=C1CCCN1CC1(c2ccc(Br)cc2)c2ccccc2-c2nccn21. The van der Waals surface area contributed by atoms with Crippen LogP contribution in [-0.2, 0) is 10.3 Å². The minimum absolute atomic E-state index is 0.243. The average molecular weight is 408 g/mol. The molecular weight excluding hydrogens is 390 g/mol. The van der Waals surface area contributed by atoms with E-state index in [2.05, 4.69) is 74.0 Å². The van der Waals surface area contributed by atoms with Crippen molar-refractivity contribution in [3.63, 3.8) is 0 Å². The van der Waals surface area contributed by atoms with Gasteiger partial charge in [0.1, 0.15) is 11.4 Å². The van der Waals surface area contributed by atoms with Crippen LogP contribution in [0, 0.1) is 0 Å². The van der Waals surface area contributed by atoms with Gasteiger partial charge in [-0.15, -0.1) is 0 Å². The highest BCUT2D eigenvalue weighted by molar-refractivity contribution is 9.10. The van der Waals surface area contributed by atoms with Gasteiger partial charge in [-0.25, -0.2) is 4.98 Å². The first-order chi connectivity index (χ1) is 12.7. The first-order valence-electron chi connectivity index (χ1n) is 8.88. The number of nitrogens with zero attached hydrogens (tertiary/aromatic N) is 3. The molecule has 1 atom stereocenters. The molecule has 4 nitrogen and oxygen atoms in total. The Bertz CT molecular complexity index is 995. The molecule has 1 aromatic heterocycles. The third-order valence-electron chi connectivity index (χ3n) is 5.58. The van der Waals surface area contributed by atoms with Crippen molar-refractivity contribution in [2.24, 2.45) is 0 Å². The normalized spacial score (nSPS) is 21.1. The molecule has 3 heterocycles. The van der Waals surface area contributed by atoms with Crippen molar-refractivity contribution in [2.75, 3.05) is 13.1 Å². The fourth-order valence-corrected chi connectivity index (χ4v) is 4.66. The largest absolute Gasteiger partial charge is 0.340 e. The smallest absolute Gasteiger partial charge is 0.222 e. The molecular formula is C21H18BrN3O. The molecule has 0 saturated carbocycles. The zero-order valence-corrected chi connectivity index (χ0v) is 15.8. The van der Waals surface area contributed by atoms with Crippen molar-refractivity contribution >= 4 is 21.8 Å². The predicted octanol–water partition coefficient (Wildman–Crippen LogP) is 4.04. The lowest BCUT2D eigenvalue weighted by molar-refractivity contribution is -0.128. The Balaban J connectivity index is 1.77. The lowest BCUT2D eigenvalue weighted by Gasteiger charge is -2.37. The zero-order valence-electron chi connectivity index (χ0n) is 14.2. The van der Waals surface area contributed by atoms with Gasteiger partial charge >= 0.3 is 0 Å². The van der Waals surface area contributed by atoms with Gasteiger partial charge in [0.2, 0.25) is 5.91 Å². The number of carbonyl (C=O) groups is 1. The Labute approximate surface area is 160 Å². The molecule has 0 bridgehead atoms. The van der Waals surface area contributed by atoms with E-state index in [1.54, 1.807) is 0 Å². The lowest BCUT2D eigenvalue weighted by Crippen LogP contribution is -2.45. The van der Waals surface area contributed by atoms with Gasteiger partial charge in [-0.3, -0.25) is 4.79 Å². The molecule has 2 aromatic carbocycles. The van der Waals surface area contributed by atoms with E-state index in [1.807, 2.05) is 17.3 Å². The fraction of sp³-hybridized carbons (Fsp3) is 0.238. The van der Waals surface area contributed by atoms with Crippen LogP contribution in [-0.4, -0.2) is 33.4 Å². The summed E-state index contributed by atoms with van der Waals surface area (Å²) in [6.07, 6.45) is 5.48. The highest BCUT2D eigenvalue weighted by Gasteiger charge is 2.47. The maximum Gasteiger partial charge on any atom is 0.222 e. The summed E-state index contributed by atoms with van der Waals surface area (Å²) in [7, 11) is 0. The van der Waals surface area contributed by atoms with Crippen molar-refractivity contribution < 1.29 is 4.79 Å². The minimum Gasteiger partial charge on any atom is -0.340 e. The number of hydrogen-bond donors (Lipinski definition) is 0. The van der Waals surface area contributed by atoms with Crippen LogP contribution in [0.1, 0.15) is 24.0 Å². The lowest BCUT2D eigenvalue weighted by atomic mass is 9.82. The summed E-state index contributed by atoms with van der Waals surface area (Å²) in [5, 5.41) is 0. The molecule has 0 N–H and O–H groups in total. The fourth-order valence-electron chi connectivity index (χ4n) is 4.40. The maximum atomic E-state index is 12.4. The van der Waals surface area contributed by atoms with Gasteiger partial charge in [-0.1, -0.05) is 52.3 Å². The highest BCUT2D eigenvalue weighted by atomic mass is 79.9. The third-order valence-corrected chi connectivity index (χ3v) is 6.11. The summed E-state index contributed by atoms with van der Waals surface area (Å²) in [6, 6.07) is 16.9. The van der Waals surface area contributed by atoms with E-state index < -0.39 is 5.54 Å². The second-order valence-electron chi connectivity index (χ2n) is 6.95. The summed E-state index contributed by atoms with van der Waals surface area (Å²) in [5.74, 6) is 1.21. The van der Waals surface area contributed by atoms with Crippen LogP contribution in [0.25, 0.3) is 11.4 Å². The van der Waals surface area contributed by atoms with E-state index in [9.17, 15) is 4.79 Å². The van der Waals surface area contributed by atoms with Gasteiger partial charge in [0, 0.05) is 35.4 Å². The molecule has 0 spiro atoms. The highest BCUT2D eigenvalue weighted by Crippen LogP contribution is 2.47. The Morgan fingerprint density at radius 2 is 1.92 bits per heavy atom. The molecule has 2 aliphatic rings. The van der Waals surface area contributed by atoms with E-state index in [4.69, 9.17) is 0 Å². The van der Waals surface area contributed by atoms with Crippen LogP contribution >= 0.6 is 15.9 Å². The number of likely N-dealkylation sites (tertiary alicyclic amines) is 1. The molecule has 1 unspecified atom stereocenters. The number of aromatic nitrogens is 2. The molecule has 1 fully saturated rings. The standard InChI is InChI=1S/C21H18BrN3O/c22-16-9-7-15(8-10-16)21(14-24-12-3-6-19(24)26)18-5-2-1-4-17(18)20-23-11-13-25(20)21/h1-2,4-5,7-11,13H,3,6,12,14H2. The van der Waals surface area contributed by atoms with Crippen molar-refractivity contribution in [3.8, 4) is 11.4 Å². The van der Waals surface area contributed by atoms with Gasteiger partial charge in [0.25, 0.3) is 0 Å². The number of amides is 1. The summed E-state index contributed by atoms with van der Waals surface area (Å²) in [4.78, 5) is 19.1. The van der Waals surface area contributed by atoms with E-state index in [-0.39, 0.29) is 5.91 Å². The minimum atomic E-state index is -0.441. The second kappa shape index (κ2) is 5.81. The molecule has 2 aliphatic heterocycles. The Morgan fingerprint density at radius 3 is 2.69 bits per heavy atom. The quantitative estimate of drug-likeness (QED) is 0.656. The molecule has 5 rings (SSSR count). The summed E-state index contributed by atoms with van der Waals surface area (Å²) in [6.45, 7) is 1.46. The number of hydrogen-bond acceptors (Lipinski definition) is 2. The first-order valence-corrected chi connectivity index (χ1v) is 9.67. The monoisotopic (exact) mass is 407 g/mol. The summed E-state index contributed by atoms with van der Waals surface area (Å²) in [5.41, 5.74) is 3.09. The van der Waals surface area contributed by atoms with Gasteiger partial charge in [-0.05, 0) is 29.7 Å². The topological polar surface area (TPSA) is 38.1 Å². The van der Waals surface area contributed by atoms with Crippen molar-refractivity contribution in [2.45, 2.75) is 18.4 Å². The number of carbonyl (C=O) groups excluding carboxylic acids is 1. The summed E-state index contributed by atoms with van der Waals surface area (Å²) >= 11 is 3.54. The van der Waals surface area contributed by atoms with Gasteiger partial charge in [0.15, 0.2) is 0 Å². The van der Waals surface area contributed by atoms with Crippen LogP contribution in [0.3, 0.4) is 0 Å². The van der Waals surface area contributed by atoms with Crippen LogP contribution in [0.15, 0.2) is 65.4 Å². The van der Waals surface area contributed by atoms with E-state index in [0.717, 1.165) is 28.8 Å². The van der Waals surface area contributed by atoms with Gasteiger partial charge < -0.3 is 9.47 Å². The van der Waals surface area contributed by atoms with Crippen molar-refractivity contribution in [1.82, 2.24) is 14.5 Å². The molecule has 1 amide bonds. The Kier molecular flexibility index (Phi) is 3.54. The van der Waals surface area contributed by atoms with Crippen LogP contribution in [0.2, 0.25) is 0 Å². The summed E-state index contributed by atoms with van der Waals surface area (Å²) < 4.78 is 3.29. The molecule has 0 radical (unpaired) electrons. The average Bonchev–Trinajstić information content (AvgIpc) is 3.35. The molecule has 1 saturated heterocycles. The van der Waals surface area contributed by atoms with Crippen molar-refractivity contribution in [3.05, 3.63) is 76.5 Å². The maximum absolute atomic E-state index is 12.4. The van der Waals surface area contributed by atoms with Crippen LogP contribution in [0.4, 0.5) is 0 Å². The van der Waals surface area contributed by atoms with Crippen LogP contribution < -0.4 is 0 Å². The molecule has 5 heteroatoms. The molecule has 0 aliphatic carbocycles. The first kappa shape index (κ1) is 15.8. The zero-order chi connectivity index (χ0) is 17.7. The second-order valence-corrected chi connectivity index (χ2v) is 7.87. The number of halogens is 1. The molecule has 3 aromatic rings. The predicted molar refractivity (Wildman–Crippen MR) is 104 cm³/mol. The van der Waals surface area contributed by atoms with Crippen LogP contribution in [0.5, 0.6) is 0 Å². The Hall–Kier alpha value is -2.40. The number of fused-ring (bicyclic) bond motifs is 3. The molecule has 26 heavy (non-hydrogen) atoms. The molecule has 130 valence electrons. The van der Waals surface area contributed by atoms with E-state index in [1.165, 1.54) is 11.1 Å². The van der Waals surface area contributed by atoms with E-state index >= 15 is 0 Å². The number of rotatable bonds is 3. The van der Waals surface area contributed by atoms with E-state index in [0.29, 0.717) is 13.0 Å². The number of benzene rings is 2.